The molecule has 0 fully saturated rings. The predicted octanol–water partition coefficient (Wildman–Crippen LogP) is 3.72. The fourth-order valence-electron chi connectivity index (χ4n) is 1.50. The van der Waals surface area contributed by atoms with E-state index in [1.165, 1.54) is 30.1 Å². The van der Waals surface area contributed by atoms with Gasteiger partial charge in [0.05, 0.1) is 17.0 Å². The third-order valence-corrected chi connectivity index (χ3v) is 3.84. The van der Waals surface area contributed by atoms with Gasteiger partial charge in [-0.1, -0.05) is 35.9 Å². The molecule has 0 aromatic heterocycles. The van der Waals surface area contributed by atoms with Crippen LogP contribution in [-0.4, -0.2) is 17.9 Å². The zero-order valence-corrected chi connectivity index (χ0v) is 12.5. The van der Waals surface area contributed by atoms with Crippen molar-refractivity contribution >= 4 is 35.5 Å². The van der Waals surface area contributed by atoms with E-state index < -0.39 is 5.82 Å². The van der Waals surface area contributed by atoms with Crippen LogP contribution in [0, 0.1) is 5.82 Å². The SMILES string of the molecule is O=C(CSc1ccccc1)N/N=C\c1c(F)cccc1Cl. The highest BCUT2D eigenvalue weighted by molar-refractivity contribution is 8.00. The van der Waals surface area contributed by atoms with E-state index >= 15 is 0 Å². The number of hydrogen-bond donors (Lipinski definition) is 1. The van der Waals surface area contributed by atoms with Crippen LogP contribution in [0.2, 0.25) is 5.02 Å². The number of halogens is 2. The molecular formula is C15H12ClFN2OS. The molecule has 0 heterocycles. The van der Waals surface area contributed by atoms with E-state index in [4.69, 9.17) is 11.6 Å². The topological polar surface area (TPSA) is 41.5 Å². The fraction of sp³-hybridized carbons (Fsp3) is 0.0667. The summed E-state index contributed by atoms with van der Waals surface area (Å²) in [5.74, 6) is -0.529. The van der Waals surface area contributed by atoms with Crippen LogP contribution in [-0.2, 0) is 4.79 Å². The molecule has 0 spiro atoms. The van der Waals surface area contributed by atoms with Gasteiger partial charge in [-0.25, -0.2) is 9.82 Å². The first kappa shape index (κ1) is 15.5. The third-order valence-electron chi connectivity index (χ3n) is 2.50. The normalized spacial score (nSPS) is 10.8. The summed E-state index contributed by atoms with van der Waals surface area (Å²) in [6, 6.07) is 13.9. The number of nitrogens with one attached hydrogen (secondary N) is 1. The van der Waals surface area contributed by atoms with Gasteiger partial charge in [0.2, 0.25) is 5.91 Å². The highest BCUT2D eigenvalue weighted by Crippen LogP contribution is 2.17. The second kappa shape index (κ2) is 7.81. The van der Waals surface area contributed by atoms with Gasteiger partial charge in [0.1, 0.15) is 5.82 Å². The maximum Gasteiger partial charge on any atom is 0.250 e. The van der Waals surface area contributed by atoms with Gasteiger partial charge < -0.3 is 0 Å². The molecule has 2 aromatic rings. The Kier molecular flexibility index (Phi) is 5.78. The maximum absolute atomic E-state index is 13.5. The quantitative estimate of drug-likeness (QED) is 0.518. The molecule has 1 amide bonds. The molecule has 0 aliphatic carbocycles. The molecule has 3 nitrogen and oxygen atoms in total. The van der Waals surface area contributed by atoms with Gasteiger partial charge in [-0.15, -0.1) is 11.8 Å². The molecule has 2 rings (SSSR count). The summed E-state index contributed by atoms with van der Waals surface area (Å²) in [7, 11) is 0. The minimum absolute atomic E-state index is 0.148. The summed E-state index contributed by atoms with van der Waals surface area (Å²) < 4.78 is 13.5. The number of benzene rings is 2. The number of carbonyl (C=O) groups excluding carboxylic acids is 1. The van der Waals surface area contributed by atoms with E-state index in [0.29, 0.717) is 0 Å². The van der Waals surface area contributed by atoms with Gasteiger partial charge >= 0.3 is 0 Å². The predicted molar refractivity (Wildman–Crippen MR) is 84.3 cm³/mol. The van der Waals surface area contributed by atoms with Gasteiger partial charge in [0, 0.05) is 10.5 Å². The molecule has 0 unspecified atom stereocenters. The lowest BCUT2D eigenvalue weighted by Crippen LogP contribution is -2.19. The average molecular weight is 323 g/mol. The smallest absolute Gasteiger partial charge is 0.250 e. The Morgan fingerprint density at radius 2 is 2.00 bits per heavy atom. The maximum atomic E-state index is 13.5. The van der Waals surface area contributed by atoms with Crippen molar-refractivity contribution in [2.45, 2.75) is 4.90 Å². The summed E-state index contributed by atoms with van der Waals surface area (Å²) in [5.41, 5.74) is 2.49. The number of rotatable bonds is 5. The molecule has 0 aliphatic heterocycles. The Labute approximate surface area is 131 Å². The largest absolute Gasteiger partial charge is 0.272 e. The van der Waals surface area contributed by atoms with Crippen LogP contribution in [0.5, 0.6) is 0 Å². The Hall–Kier alpha value is -1.85. The molecule has 6 heteroatoms. The van der Waals surface area contributed by atoms with E-state index in [1.54, 1.807) is 6.07 Å². The Morgan fingerprint density at radius 3 is 2.71 bits per heavy atom. The zero-order chi connectivity index (χ0) is 15.1. The van der Waals surface area contributed by atoms with Crippen molar-refractivity contribution in [2.24, 2.45) is 5.10 Å². The Morgan fingerprint density at radius 1 is 1.24 bits per heavy atom. The summed E-state index contributed by atoms with van der Waals surface area (Å²) in [6.45, 7) is 0. The first-order chi connectivity index (χ1) is 10.2. The lowest BCUT2D eigenvalue weighted by molar-refractivity contribution is -0.118. The van der Waals surface area contributed by atoms with Gasteiger partial charge in [0.25, 0.3) is 0 Å². The van der Waals surface area contributed by atoms with Crippen molar-refractivity contribution < 1.29 is 9.18 Å². The number of carbonyl (C=O) groups is 1. The molecule has 0 bridgehead atoms. The van der Waals surface area contributed by atoms with Crippen LogP contribution in [0.1, 0.15) is 5.56 Å². The lowest BCUT2D eigenvalue weighted by Gasteiger charge is -2.01. The Balaban J connectivity index is 1.85. The summed E-state index contributed by atoms with van der Waals surface area (Å²) >= 11 is 7.23. The van der Waals surface area contributed by atoms with E-state index in [-0.39, 0.29) is 22.2 Å². The first-order valence-corrected chi connectivity index (χ1v) is 7.47. The minimum atomic E-state index is -0.487. The van der Waals surface area contributed by atoms with Crippen LogP contribution in [0.15, 0.2) is 58.5 Å². The first-order valence-electron chi connectivity index (χ1n) is 6.10. The molecule has 21 heavy (non-hydrogen) atoms. The molecule has 0 saturated carbocycles. The molecule has 2 aromatic carbocycles. The van der Waals surface area contributed by atoms with Crippen molar-refractivity contribution in [3.63, 3.8) is 0 Å². The average Bonchev–Trinajstić information content (AvgIpc) is 2.49. The highest BCUT2D eigenvalue weighted by atomic mass is 35.5. The second-order valence-corrected chi connectivity index (χ2v) is 5.49. The fourth-order valence-corrected chi connectivity index (χ4v) is 2.42. The minimum Gasteiger partial charge on any atom is -0.272 e. The van der Waals surface area contributed by atoms with E-state index in [0.717, 1.165) is 4.90 Å². The summed E-state index contributed by atoms with van der Waals surface area (Å²) in [4.78, 5) is 12.6. The summed E-state index contributed by atoms with van der Waals surface area (Å²) in [5, 5.41) is 3.96. The molecule has 108 valence electrons. The van der Waals surface area contributed by atoms with Crippen LogP contribution < -0.4 is 5.43 Å². The molecule has 0 atom stereocenters. The van der Waals surface area contributed by atoms with Crippen molar-refractivity contribution in [1.29, 1.82) is 0 Å². The van der Waals surface area contributed by atoms with Crippen LogP contribution in [0.3, 0.4) is 0 Å². The second-order valence-electron chi connectivity index (χ2n) is 4.03. The Bertz CT molecular complexity index is 629. The number of thioether (sulfide) groups is 1. The van der Waals surface area contributed by atoms with Crippen molar-refractivity contribution in [1.82, 2.24) is 5.43 Å². The van der Waals surface area contributed by atoms with Crippen molar-refractivity contribution in [2.75, 3.05) is 5.75 Å². The molecule has 1 N–H and O–H groups in total. The monoisotopic (exact) mass is 322 g/mol. The molecule has 0 saturated heterocycles. The van der Waals surface area contributed by atoms with Gasteiger partial charge in [-0.05, 0) is 24.3 Å². The van der Waals surface area contributed by atoms with Crippen LogP contribution in [0.25, 0.3) is 0 Å². The summed E-state index contributed by atoms with van der Waals surface area (Å²) in [6.07, 6.45) is 1.20. The van der Waals surface area contributed by atoms with E-state index in [9.17, 15) is 9.18 Å². The highest BCUT2D eigenvalue weighted by Gasteiger charge is 2.04. The van der Waals surface area contributed by atoms with Crippen molar-refractivity contribution in [3.05, 3.63) is 64.9 Å². The number of hydrazone groups is 1. The number of nitrogens with zero attached hydrogens (tertiary/aromatic N) is 1. The van der Waals surface area contributed by atoms with Gasteiger partial charge in [0.15, 0.2) is 0 Å². The molecular weight excluding hydrogens is 311 g/mol. The lowest BCUT2D eigenvalue weighted by atomic mass is 10.2. The molecule has 0 aliphatic rings. The zero-order valence-electron chi connectivity index (χ0n) is 10.9. The standard InChI is InChI=1S/C15H12ClFN2OS/c16-13-7-4-8-14(17)12(13)9-18-19-15(20)10-21-11-5-2-1-3-6-11/h1-9H,10H2,(H,19,20)/b18-9-. The van der Waals surface area contributed by atoms with Gasteiger partial charge in [-0.3, -0.25) is 4.79 Å². The van der Waals surface area contributed by atoms with E-state index in [1.807, 2.05) is 30.3 Å². The number of amides is 1. The molecule has 0 radical (unpaired) electrons. The van der Waals surface area contributed by atoms with E-state index in [2.05, 4.69) is 10.5 Å². The van der Waals surface area contributed by atoms with Crippen LogP contribution >= 0.6 is 23.4 Å². The van der Waals surface area contributed by atoms with Gasteiger partial charge in [-0.2, -0.15) is 5.10 Å². The van der Waals surface area contributed by atoms with Crippen molar-refractivity contribution in [3.8, 4) is 0 Å². The van der Waals surface area contributed by atoms with Crippen LogP contribution in [0.4, 0.5) is 4.39 Å². The number of hydrogen-bond acceptors (Lipinski definition) is 3. The third kappa shape index (κ3) is 4.88.